The van der Waals surface area contributed by atoms with Crippen molar-refractivity contribution in [3.8, 4) is 0 Å². The highest BCUT2D eigenvalue weighted by Gasteiger charge is 2.47. The molecule has 1 fully saturated rings. The molecule has 0 bridgehead atoms. The van der Waals surface area contributed by atoms with E-state index in [0.29, 0.717) is 32.8 Å². The lowest BCUT2D eigenvalue weighted by Gasteiger charge is -2.12. The van der Waals surface area contributed by atoms with Crippen molar-refractivity contribution in [2.75, 3.05) is 33.0 Å². The van der Waals surface area contributed by atoms with Crippen LogP contribution in [0.3, 0.4) is 0 Å². The fourth-order valence-corrected chi connectivity index (χ4v) is 1.82. The van der Waals surface area contributed by atoms with Gasteiger partial charge in [0.15, 0.2) is 5.78 Å². The molecule has 0 unspecified atom stereocenters. The minimum absolute atomic E-state index is 0.0797. The quantitative estimate of drug-likeness (QED) is 0.575. The molecule has 1 aliphatic rings. The third kappa shape index (κ3) is 5.70. The molecule has 0 heterocycles. The van der Waals surface area contributed by atoms with E-state index in [0.717, 1.165) is 19.3 Å². The Balaban J connectivity index is 1.89. The van der Waals surface area contributed by atoms with Crippen molar-refractivity contribution < 1.29 is 19.1 Å². The number of nitrogens with one attached hydrogen (secondary N) is 1. The van der Waals surface area contributed by atoms with Gasteiger partial charge in [-0.3, -0.25) is 9.59 Å². The van der Waals surface area contributed by atoms with Crippen molar-refractivity contribution in [2.24, 2.45) is 5.41 Å². The Morgan fingerprint density at radius 3 is 2.37 bits per heavy atom. The van der Waals surface area contributed by atoms with E-state index in [2.05, 4.69) is 12.2 Å². The maximum Gasteiger partial charge on any atom is 0.226 e. The first-order valence-electron chi connectivity index (χ1n) is 7.10. The standard InChI is InChI=1S/C14H25NO4/c1-3-12(16)11-19-10-9-18-8-7-15-13(17)14(4-2)5-6-14/h3-11H2,1-2H3,(H,15,17). The summed E-state index contributed by atoms with van der Waals surface area (Å²) in [6.45, 7) is 5.91. The van der Waals surface area contributed by atoms with E-state index < -0.39 is 0 Å². The van der Waals surface area contributed by atoms with Crippen LogP contribution in [-0.2, 0) is 19.1 Å². The predicted molar refractivity (Wildman–Crippen MR) is 71.9 cm³/mol. The molecule has 0 atom stereocenters. The number of hydrogen-bond donors (Lipinski definition) is 1. The van der Waals surface area contributed by atoms with Crippen molar-refractivity contribution in [1.29, 1.82) is 0 Å². The number of carbonyl (C=O) groups is 2. The molecule has 1 saturated carbocycles. The molecule has 0 aromatic rings. The summed E-state index contributed by atoms with van der Waals surface area (Å²) in [6, 6.07) is 0. The molecule has 19 heavy (non-hydrogen) atoms. The van der Waals surface area contributed by atoms with Crippen LogP contribution in [0.25, 0.3) is 0 Å². The minimum atomic E-state index is -0.0797. The Morgan fingerprint density at radius 2 is 1.79 bits per heavy atom. The van der Waals surface area contributed by atoms with E-state index in [1.165, 1.54) is 0 Å². The molecule has 0 aliphatic heterocycles. The largest absolute Gasteiger partial charge is 0.377 e. The van der Waals surface area contributed by atoms with E-state index in [9.17, 15) is 9.59 Å². The van der Waals surface area contributed by atoms with Gasteiger partial charge in [0.25, 0.3) is 0 Å². The predicted octanol–water partition coefficient (Wildman–Crippen LogP) is 1.31. The van der Waals surface area contributed by atoms with Gasteiger partial charge >= 0.3 is 0 Å². The zero-order valence-electron chi connectivity index (χ0n) is 12.0. The topological polar surface area (TPSA) is 64.6 Å². The third-order valence-electron chi connectivity index (χ3n) is 3.57. The zero-order valence-corrected chi connectivity index (χ0v) is 12.0. The fourth-order valence-electron chi connectivity index (χ4n) is 1.82. The molecule has 1 amide bonds. The molecule has 0 aromatic heterocycles. The Kier molecular flexibility index (Phi) is 7.02. The van der Waals surface area contributed by atoms with E-state index >= 15 is 0 Å². The van der Waals surface area contributed by atoms with Gasteiger partial charge in [-0.1, -0.05) is 13.8 Å². The summed E-state index contributed by atoms with van der Waals surface area (Å²) < 4.78 is 10.4. The van der Waals surface area contributed by atoms with Crippen LogP contribution in [0.15, 0.2) is 0 Å². The summed E-state index contributed by atoms with van der Waals surface area (Å²) in [5.41, 5.74) is -0.0797. The highest BCUT2D eigenvalue weighted by Crippen LogP contribution is 2.48. The van der Waals surface area contributed by atoms with Gasteiger partial charge < -0.3 is 14.8 Å². The summed E-state index contributed by atoms with van der Waals surface area (Å²) in [6.07, 6.45) is 3.44. The fraction of sp³-hybridized carbons (Fsp3) is 0.857. The monoisotopic (exact) mass is 271 g/mol. The molecule has 1 rings (SSSR count). The Hall–Kier alpha value is -0.940. The SMILES string of the molecule is CCC(=O)COCCOCCNC(=O)C1(CC)CC1. The van der Waals surface area contributed by atoms with Gasteiger partial charge in [-0.05, 0) is 19.3 Å². The Labute approximate surface area is 115 Å². The van der Waals surface area contributed by atoms with E-state index in [1.807, 2.05) is 6.92 Å². The summed E-state index contributed by atoms with van der Waals surface area (Å²) >= 11 is 0. The number of ketones is 1. The lowest BCUT2D eigenvalue weighted by Crippen LogP contribution is -2.34. The number of carbonyl (C=O) groups excluding carboxylic acids is 2. The lowest BCUT2D eigenvalue weighted by molar-refractivity contribution is -0.127. The average Bonchev–Trinajstić information content (AvgIpc) is 3.22. The summed E-state index contributed by atoms with van der Waals surface area (Å²) in [5.74, 6) is 0.255. The molecule has 1 aliphatic carbocycles. The number of Topliss-reactive ketones (excluding diaryl/α,β-unsaturated/α-hetero) is 1. The summed E-state index contributed by atoms with van der Waals surface area (Å²) in [5, 5.41) is 2.90. The van der Waals surface area contributed by atoms with E-state index in [-0.39, 0.29) is 23.7 Å². The van der Waals surface area contributed by atoms with Crippen LogP contribution in [0.5, 0.6) is 0 Å². The van der Waals surface area contributed by atoms with Crippen molar-refractivity contribution in [3.63, 3.8) is 0 Å². The van der Waals surface area contributed by atoms with Crippen LogP contribution in [0.1, 0.15) is 39.5 Å². The third-order valence-corrected chi connectivity index (χ3v) is 3.57. The summed E-state index contributed by atoms with van der Waals surface area (Å²) in [4.78, 5) is 22.7. The van der Waals surface area contributed by atoms with Crippen LogP contribution in [0.2, 0.25) is 0 Å². The first kappa shape index (κ1) is 16.1. The van der Waals surface area contributed by atoms with Gasteiger partial charge in [-0.2, -0.15) is 0 Å². The number of rotatable bonds is 11. The average molecular weight is 271 g/mol. The maximum absolute atomic E-state index is 11.8. The van der Waals surface area contributed by atoms with Gasteiger partial charge in [0.1, 0.15) is 6.61 Å². The maximum atomic E-state index is 11.8. The smallest absolute Gasteiger partial charge is 0.226 e. The second-order valence-electron chi connectivity index (χ2n) is 4.95. The van der Waals surface area contributed by atoms with Crippen LogP contribution in [-0.4, -0.2) is 44.7 Å². The Bertz CT molecular complexity index is 300. The normalized spacial score (nSPS) is 16.1. The van der Waals surface area contributed by atoms with Crippen molar-refractivity contribution in [2.45, 2.75) is 39.5 Å². The van der Waals surface area contributed by atoms with Gasteiger partial charge in [0.05, 0.1) is 19.8 Å². The highest BCUT2D eigenvalue weighted by molar-refractivity contribution is 5.85. The minimum Gasteiger partial charge on any atom is -0.377 e. The van der Waals surface area contributed by atoms with Crippen LogP contribution in [0.4, 0.5) is 0 Å². The van der Waals surface area contributed by atoms with E-state index in [1.54, 1.807) is 0 Å². The Morgan fingerprint density at radius 1 is 1.11 bits per heavy atom. The zero-order chi connectivity index (χ0) is 14.1. The van der Waals surface area contributed by atoms with Gasteiger partial charge in [-0.15, -0.1) is 0 Å². The van der Waals surface area contributed by atoms with Gasteiger partial charge in [0.2, 0.25) is 5.91 Å². The van der Waals surface area contributed by atoms with Crippen molar-refractivity contribution in [1.82, 2.24) is 5.32 Å². The highest BCUT2D eigenvalue weighted by atomic mass is 16.5. The number of ether oxygens (including phenoxy) is 2. The van der Waals surface area contributed by atoms with Crippen LogP contribution in [0, 0.1) is 5.41 Å². The molecule has 0 radical (unpaired) electrons. The molecular weight excluding hydrogens is 246 g/mol. The van der Waals surface area contributed by atoms with Crippen molar-refractivity contribution >= 4 is 11.7 Å². The molecular formula is C14H25NO4. The molecule has 110 valence electrons. The molecule has 5 heteroatoms. The lowest BCUT2D eigenvalue weighted by atomic mass is 10.0. The number of hydrogen-bond acceptors (Lipinski definition) is 4. The van der Waals surface area contributed by atoms with Crippen LogP contribution >= 0.6 is 0 Å². The van der Waals surface area contributed by atoms with Crippen LogP contribution < -0.4 is 5.32 Å². The molecule has 1 N–H and O–H groups in total. The van der Waals surface area contributed by atoms with Gasteiger partial charge in [0, 0.05) is 18.4 Å². The number of amides is 1. The van der Waals surface area contributed by atoms with Crippen molar-refractivity contribution in [3.05, 3.63) is 0 Å². The first-order valence-corrected chi connectivity index (χ1v) is 7.10. The molecule has 5 nitrogen and oxygen atoms in total. The van der Waals surface area contributed by atoms with E-state index in [4.69, 9.17) is 9.47 Å². The first-order chi connectivity index (χ1) is 9.14. The summed E-state index contributed by atoms with van der Waals surface area (Å²) in [7, 11) is 0. The second kappa shape index (κ2) is 8.27. The molecule has 0 saturated heterocycles. The molecule has 0 aromatic carbocycles. The molecule has 0 spiro atoms. The van der Waals surface area contributed by atoms with Gasteiger partial charge in [-0.25, -0.2) is 0 Å². The second-order valence-corrected chi connectivity index (χ2v) is 4.95.